The second kappa shape index (κ2) is 8.67. The molecule has 28 heavy (non-hydrogen) atoms. The van der Waals surface area contributed by atoms with Crippen LogP contribution in [0.15, 0.2) is 71.2 Å². The average molecular weight is 442 g/mol. The van der Waals surface area contributed by atoms with Gasteiger partial charge in [0, 0.05) is 11.6 Å². The zero-order valence-electron chi connectivity index (χ0n) is 14.9. The second-order valence-electron chi connectivity index (χ2n) is 5.98. The Balaban J connectivity index is 1.62. The summed E-state index contributed by atoms with van der Waals surface area (Å²) in [5, 5.41) is 10.8. The molecule has 0 unspecified atom stereocenters. The Labute approximate surface area is 170 Å². The van der Waals surface area contributed by atoms with E-state index in [1.165, 1.54) is 18.2 Å². The first-order chi connectivity index (χ1) is 13.4. The van der Waals surface area contributed by atoms with Crippen LogP contribution < -0.4 is 9.47 Å². The van der Waals surface area contributed by atoms with Gasteiger partial charge in [-0.3, -0.25) is 10.1 Å². The van der Waals surface area contributed by atoms with Gasteiger partial charge in [0.15, 0.2) is 6.61 Å². The van der Waals surface area contributed by atoms with E-state index in [1.54, 1.807) is 13.0 Å². The monoisotopic (exact) mass is 441 g/mol. The number of nitro groups is 1. The van der Waals surface area contributed by atoms with Gasteiger partial charge in [0.25, 0.3) is 5.69 Å². The van der Waals surface area contributed by atoms with Gasteiger partial charge in [-0.15, -0.1) is 0 Å². The molecule has 3 rings (SSSR count). The van der Waals surface area contributed by atoms with Crippen LogP contribution in [-0.4, -0.2) is 17.5 Å². The summed E-state index contributed by atoms with van der Waals surface area (Å²) in [6, 6.07) is 19.6. The highest BCUT2D eigenvalue weighted by Crippen LogP contribution is 2.31. The molecule has 0 bridgehead atoms. The highest BCUT2D eigenvalue weighted by atomic mass is 79.9. The fourth-order valence-corrected chi connectivity index (χ4v) is 3.07. The van der Waals surface area contributed by atoms with Crippen LogP contribution in [0, 0.1) is 17.0 Å². The first-order valence-electron chi connectivity index (χ1n) is 8.37. The van der Waals surface area contributed by atoms with Gasteiger partial charge >= 0.3 is 5.97 Å². The van der Waals surface area contributed by atoms with E-state index in [0.29, 0.717) is 21.5 Å². The van der Waals surface area contributed by atoms with Gasteiger partial charge in [0.2, 0.25) is 0 Å². The number of carbonyl (C=O) groups is 1. The zero-order valence-corrected chi connectivity index (χ0v) is 16.5. The lowest BCUT2D eigenvalue weighted by molar-refractivity contribution is -0.385. The van der Waals surface area contributed by atoms with Crippen molar-refractivity contribution in [2.75, 3.05) is 6.61 Å². The summed E-state index contributed by atoms with van der Waals surface area (Å²) in [5.41, 5.74) is 2.50. The summed E-state index contributed by atoms with van der Waals surface area (Å²) < 4.78 is 11.4. The van der Waals surface area contributed by atoms with Crippen LogP contribution >= 0.6 is 15.9 Å². The van der Waals surface area contributed by atoms with E-state index in [0.717, 1.165) is 11.1 Å². The minimum Gasteiger partial charge on any atom is -0.482 e. The molecule has 6 nitrogen and oxygen atoms in total. The number of nitrogens with zero attached hydrogens (tertiary/aromatic N) is 1. The number of esters is 1. The molecule has 142 valence electrons. The largest absolute Gasteiger partial charge is 0.482 e. The fourth-order valence-electron chi connectivity index (χ4n) is 2.61. The molecule has 0 amide bonds. The third-order valence-corrected chi connectivity index (χ3v) is 4.60. The second-order valence-corrected chi connectivity index (χ2v) is 6.83. The topological polar surface area (TPSA) is 78.7 Å². The Morgan fingerprint density at radius 3 is 2.43 bits per heavy atom. The maximum Gasteiger partial charge on any atom is 0.349 e. The number of benzene rings is 3. The summed E-state index contributed by atoms with van der Waals surface area (Å²) in [6.07, 6.45) is 0. The molecule has 0 aromatic heterocycles. The maximum atomic E-state index is 12.1. The molecule has 0 aliphatic carbocycles. The molecule has 0 aliphatic rings. The summed E-state index contributed by atoms with van der Waals surface area (Å²) in [4.78, 5) is 22.4. The Hall–Kier alpha value is -3.19. The van der Waals surface area contributed by atoms with Crippen LogP contribution in [0.25, 0.3) is 11.1 Å². The number of hydrogen-bond donors (Lipinski definition) is 0. The van der Waals surface area contributed by atoms with E-state index >= 15 is 0 Å². The van der Waals surface area contributed by atoms with Gasteiger partial charge in [0.05, 0.1) is 9.40 Å². The molecule has 0 heterocycles. The Bertz CT molecular complexity index is 1020. The van der Waals surface area contributed by atoms with E-state index in [9.17, 15) is 14.9 Å². The average Bonchev–Trinajstić information content (AvgIpc) is 2.68. The van der Waals surface area contributed by atoms with E-state index in [1.807, 2.05) is 42.5 Å². The summed E-state index contributed by atoms with van der Waals surface area (Å²) >= 11 is 3.42. The van der Waals surface area contributed by atoms with Crippen molar-refractivity contribution in [3.05, 3.63) is 86.9 Å². The van der Waals surface area contributed by atoms with Crippen molar-refractivity contribution in [3.8, 4) is 22.6 Å². The van der Waals surface area contributed by atoms with Crippen LogP contribution in [0.3, 0.4) is 0 Å². The maximum absolute atomic E-state index is 12.1. The van der Waals surface area contributed by atoms with Crippen molar-refractivity contribution < 1.29 is 19.2 Å². The lowest BCUT2D eigenvalue weighted by Crippen LogP contribution is -2.18. The quantitative estimate of drug-likeness (QED) is 0.224. The minimum absolute atomic E-state index is 0.00244. The van der Waals surface area contributed by atoms with Gasteiger partial charge in [-0.1, -0.05) is 36.4 Å². The van der Waals surface area contributed by atoms with Crippen molar-refractivity contribution in [2.45, 2.75) is 6.92 Å². The molecule has 0 aliphatic heterocycles. The van der Waals surface area contributed by atoms with Crippen molar-refractivity contribution in [3.63, 3.8) is 0 Å². The number of rotatable bonds is 6. The van der Waals surface area contributed by atoms with E-state index < -0.39 is 10.9 Å². The Morgan fingerprint density at radius 2 is 1.79 bits per heavy atom. The minimum atomic E-state index is -0.579. The van der Waals surface area contributed by atoms with Gasteiger partial charge in [-0.2, -0.15) is 0 Å². The normalized spacial score (nSPS) is 10.4. The predicted octanol–water partition coefficient (Wildman–Crippen LogP) is 5.32. The third-order valence-electron chi connectivity index (χ3n) is 3.98. The molecule has 0 atom stereocenters. The molecule has 3 aromatic rings. The molecule has 0 spiro atoms. The van der Waals surface area contributed by atoms with Crippen molar-refractivity contribution in [2.24, 2.45) is 0 Å². The number of carbonyl (C=O) groups excluding carboxylic acids is 1. The van der Waals surface area contributed by atoms with E-state index in [2.05, 4.69) is 15.9 Å². The highest BCUT2D eigenvalue weighted by molar-refractivity contribution is 9.10. The van der Waals surface area contributed by atoms with Crippen molar-refractivity contribution >= 4 is 27.6 Å². The molecule has 0 saturated heterocycles. The van der Waals surface area contributed by atoms with E-state index in [4.69, 9.17) is 9.47 Å². The number of ether oxygens (including phenoxy) is 2. The molecule has 0 fully saturated rings. The lowest BCUT2D eigenvalue weighted by Gasteiger charge is -2.10. The lowest BCUT2D eigenvalue weighted by atomic mass is 10.1. The predicted molar refractivity (Wildman–Crippen MR) is 109 cm³/mol. The van der Waals surface area contributed by atoms with Crippen LogP contribution in [0.4, 0.5) is 5.69 Å². The first kappa shape index (κ1) is 19.6. The third kappa shape index (κ3) is 4.75. The van der Waals surface area contributed by atoms with Gasteiger partial charge in [0.1, 0.15) is 11.5 Å². The van der Waals surface area contributed by atoms with Crippen LogP contribution in [0.1, 0.15) is 5.56 Å². The Kier molecular flexibility index (Phi) is 6.06. The number of halogens is 1. The summed E-state index contributed by atoms with van der Waals surface area (Å²) in [7, 11) is 0. The molecule has 7 heteroatoms. The van der Waals surface area contributed by atoms with Crippen LogP contribution in [0.5, 0.6) is 11.5 Å². The molecule has 0 saturated carbocycles. The SMILES string of the molecule is Cc1cc(OCC(=O)Oc2ccc(-c3ccccc3)cc2Br)ccc1[N+](=O)[O-]. The Morgan fingerprint density at radius 1 is 1.04 bits per heavy atom. The first-order valence-corrected chi connectivity index (χ1v) is 9.17. The highest BCUT2D eigenvalue weighted by Gasteiger charge is 2.13. The van der Waals surface area contributed by atoms with Crippen LogP contribution in [-0.2, 0) is 4.79 Å². The van der Waals surface area contributed by atoms with Crippen molar-refractivity contribution in [1.29, 1.82) is 0 Å². The molecular weight excluding hydrogens is 426 g/mol. The number of nitro benzene ring substituents is 1. The van der Waals surface area contributed by atoms with E-state index in [-0.39, 0.29) is 12.3 Å². The molecule has 0 N–H and O–H groups in total. The summed E-state index contributed by atoms with van der Waals surface area (Å²) in [6.45, 7) is 1.29. The zero-order chi connectivity index (χ0) is 20.1. The molecular formula is C21H16BrNO5. The standard InChI is InChI=1S/C21H16BrNO5/c1-14-11-17(8-9-19(14)23(25)26)27-13-21(24)28-20-10-7-16(12-18(20)22)15-5-3-2-4-6-15/h2-12H,13H2,1H3. The molecule has 0 radical (unpaired) electrons. The van der Waals surface area contributed by atoms with Crippen molar-refractivity contribution in [1.82, 2.24) is 0 Å². The fraction of sp³-hybridized carbons (Fsp3) is 0.0952. The van der Waals surface area contributed by atoms with Gasteiger partial charge < -0.3 is 9.47 Å². The summed E-state index contributed by atoms with van der Waals surface area (Å²) in [5.74, 6) is 0.163. The van der Waals surface area contributed by atoms with Crippen LogP contribution in [0.2, 0.25) is 0 Å². The van der Waals surface area contributed by atoms with Gasteiger partial charge in [-0.25, -0.2) is 4.79 Å². The number of hydrogen-bond acceptors (Lipinski definition) is 5. The smallest absolute Gasteiger partial charge is 0.349 e. The van der Waals surface area contributed by atoms with Gasteiger partial charge in [-0.05, 0) is 58.2 Å². The molecule has 3 aromatic carbocycles. The number of aryl methyl sites for hydroxylation is 1.